The quantitative estimate of drug-likeness (QED) is 0.262. The van der Waals surface area contributed by atoms with Gasteiger partial charge in [0.15, 0.2) is 5.13 Å². The molecule has 4 aromatic rings. The maximum absolute atomic E-state index is 13.7. The van der Waals surface area contributed by atoms with Crippen LogP contribution in [0.15, 0.2) is 78.4 Å². The lowest BCUT2D eigenvalue weighted by atomic mass is 9.95. The number of aryl methyl sites for hydroxylation is 1. The molecule has 0 bridgehead atoms. The highest BCUT2D eigenvalue weighted by molar-refractivity contribution is 7.22. The fraction of sp³-hybridized carbons (Fsp3) is 0.0800. The van der Waals surface area contributed by atoms with E-state index in [1.165, 1.54) is 23.1 Å². The molecule has 1 saturated heterocycles. The van der Waals surface area contributed by atoms with Crippen molar-refractivity contribution in [3.05, 3.63) is 101 Å². The summed E-state index contributed by atoms with van der Waals surface area (Å²) in [6.07, 6.45) is 0. The largest absolute Gasteiger partial charge is 0.507 e. The number of ketones is 1. The maximum Gasteiger partial charge on any atom is 0.301 e. The molecule has 3 aromatic carbocycles. The predicted molar refractivity (Wildman–Crippen MR) is 122 cm³/mol. The number of Topliss-reactive ketones (excluding diaryl/α,β-unsaturated/α-hetero) is 1. The number of hydrogen-bond acceptors (Lipinski definition) is 5. The number of aliphatic hydroxyl groups excluding tert-OH is 1. The molecular formula is C25H17FN2O3S. The zero-order valence-electron chi connectivity index (χ0n) is 16.9. The van der Waals surface area contributed by atoms with Crippen molar-refractivity contribution in [1.29, 1.82) is 0 Å². The van der Waals surface area contributed by atoms with Gasteiger partial charge in [-0.2, -0.15) is 0 Å². The molecule has 1 aliphatic rings. The van der Waals surface area contributed by atoms with Gasteiger partial charge in [-0.1, -0.05) is 71.5 Å². The lowest BCUT2D eigenvalue weighted by Gasteiger charge is -2.23. The number of carbonyl (C=O) groups excluding carboxylic acids is 2. The Kier molecular flexibility index (Phi) is 4.83. The lowest BCUT2D eigenvalue weighted by Crippen LogP contribution is -2.29. The second kappa shape index (κ2) is 7.69. The highest BCUT2D eigenvalue weighted by Gasteiger charge is 2.48. The van der Waals surface area contributed by atoms with Crippen molar-refractivity contribution in [2.24, 2.45) is 0 Å². The van der Waals surface area contributed by atoms with Gasteiger partial charge in [-0.05, 0) is 30.7 Å². The molecule has 0 spiro atoms. The summed E-state index contributed by atoms with van der Waals surface area (Å²) in [5, 5.41) is 11.3. The van der Waals surface area contributed by atoms with Gasteiger partial charge in [0.05, 0.1) is 21.8 Å². The molecule has 158 valence electrons. The average molecular weight is 444 g/mol. The third kappa shape index (κ3) is 3.27. The summed E-state index contributed by atoms with van der Waals surface area (Å²) < 4.78 is 14.3. The number of nitrogens with zero attached hydrogens (tertiary/aromatic N) is 2. The van der Waals surface area contributed by atoms with Gasteiger partial charge in [0.25, 0.3) is 5.78 Å². The van der Waals surface area contributed by atoms with Crippen molar-refractivity contribution >= 4 is 44.1 Å². The number of hydrogen-bond donors (Lipinski definition) is 1. The molecule has 32 heavy (non-hydrogen) atoms. The molecule has 2 heterocycles. The Morgan fingerprint density at radius 2 is 1.75 bits per heavy atom. The third-order valence-electron chi connectivity index (χ3n) is 5.43. The van der Waals surface area contributed by atoms with Crippen molar-refractivity contribution in [3.63, 3.8) is 0 Å². The Bertz CT molecular complexity index is 1390. The van der Waals surface area contributed by atoms with E-state index in [2.05, 4.69) is 4.98 Å². The zero-order valence-corrected chi connectivity index (χ0v) is 17.8. The molecule has 1 aliphatic heterocycles. The van der Waals surface area contributed by atoms with E-state index < -0.39 is 23.5 Å². The monoisotopic (exact) mass is 444 g/mol. The molecule has 1 fully saturated rings. The molecule has 5 rings (SSSR count). The minimum Gasteiger partial charge on any atom is -0.507 e. The number of thiazole rings is 1. The van der Waals surface area contributed by atoms with E-state index in [1.54, 1.807) is 30.3 Å². The van der Waals surface area contributed by atoms with Gasteiger partial charge in [-0.3, -0.25) is 14.5 Å². The van der Waals surface area contributed by atoms with Gasteiger partial charge in [0.2, 0.25) is 0 Å². The van der Waals surface area contributed by atoms with E-state index in [4.69, 9.17) is 0 Å². The summed E-state index contributed by atoms with van der Waals surface area (Å²) >= 11 is 1.12. The van der Waals surface area contributed by atoms with Crippen LogP contribution in [0.3, 0.4) is 0 Å². The number of aliphatic hydroxyl groups is 1. The Hall–Kier alpha value is -3.84. The van der Waals surface area contributed by atoms with Crippen LogP contribution in [0.25, 0.3) is 16.0 Å². The Balaban J connectivity index is 1.73. The van der Waals surface area contributed by atoms with Crippen LogP contribution in [-0.4, -0.2) is 21.8 Å². The topological polar surface area (TPSA) is 70.5 Å². The SMILES string of the molecule is Cc1ccc([C@@H]2/C(=C(\O)c3ccccc3)C(=O)C(=O)N2c2nc3ccc(F)cc3s2)cc1. The Labute approximate surface area is 187 Å². The van der Waals surface area contributed by atoms with Crippen molar-refractivity contribution in [2.75, 3.05) is 4.90 Å². The van der Waals surface area contributed by atoms with Crippen LogP contribution < -0.4 is 4.90 Å². The summed E-state index contributed by atoms with van der Waals surface area (Å²) in [6.45, 7) is 1.94. The van der Waals surface area contributed by atoms with Crippen LogP contribution in [0.1, 0.15) is 22.7 Å². The zero-order chi connectivity index (χ0) is 22.4. The number of aromatic nitrogens is 1. The van der Waals surface area contributed by atoms with Crippen molar-refractivity contribution < 1.29 is 19.1 Å². The van der Waals surface area contributed by atoms with Crippen LogP contribution in [0.2, 0.25) is 0 Å². The van der Waals surface area contributed by atoms with E-state index in [-0.39, 0.29) is 16.5 Å². The summed E-state index contributed by atoms with van der Waals surface area (Å²) in [7, 11) is 0. The van der Waals surface area contributed by atoms with E-state index in [1.807, 2.05) is 31.2 Å². The van der Waals surface area contributed by atoms with Gasteiger partial charge in [-0.15, -0.1) is 0 Å². The normalized spacial score (nSPS) is 17.9. The molecule has 1 atom stereocenters. The Morgan fingerprint density at radius 1 is 1.03 bits per heavy atom. The number of carbonyl (C=O) groups is 2. The van der Waals surface area contributed by atoms with Crippen LogP contribution in [0.5, 0.6) is 0 Å². The van der Waals surface area contributed by atoms with Gasteiger partial charge in [0, 0.05) is 5.56 Å². The first-order chi connectivity index (χ1) is 15.4. The number of amides is 1. The second-order valence-corrected chi connectivity index (χ2v) is 8.56. The van der Waals surface area contributed by atoms with Crippen LogP contribution in [-0.2, 0) is 9.59 Å². The van der Waals surface area contributed by atoms with E-state index >= 15 is 0 Å². The molecule has 1 aromatic heterocycles. The minimum absolute atomic E-state index is 0.00418. The smallest absolute Gasteiger partial charge is 0.301 e. The van der Waals surface area contributed by atoms with E-state index in [9.17, 15) is 19.1 Å². The number of benzene rings is 3. The predicted octanol–water partition coefficient (Wildman–Crippen LogP) is 5.37. The van der Waals surface area contributed by atoms with E-state index in [0.717, 1.165) is 16.9 Å². The minimum atomic E-state index is -0.860. The molecule has 5 nitrogen and oxygen atoms in total. The van der Waals surface area contributed by atoms with Crippen LogP contribution in [0, 0.1) is 12.7 Å². The molecule has 0 radical (unpaired) electrons. The standard InChI is InChI=1S/C25H17FN2O3S/c1-14-7-9-15(10-8-14)21-20(22(29)16-5-3-2-4-6-16)23(30)24(31)28(21)25-27-18-12-11-17(26)13-19(18)32-25/h2-13,21,29H,1H3/b22-20+/t21-/m1/s1. The third-order valence-corrected chi connectivity index (χ3v) is 6.45. The highest BCUT2D eigenvalue weighted by Crippen LogP contribution is 2.44. The first-order valence-corrected chi connectivity index (χ1v) is 10.7. The number of rotatable bonds is 3. The average Bonchev–Trinajstić information content (AvgIpc) is 3.32. The van der Waals surface area contributed by atoms with Gasteiger partial charge in [-0.25, -0.2) is 9.37 Å². The number of anilines is 1. The molecule has 0 saturated carbocycles. The van der Waals surface area contributed by atoms with Crippen LogP contribution in [0.4, 0.5) is 9.52 Å². The van der Waals surface area contributed by atoms with Gasteiger partial charge < -0.3 is 5.11 Å². The van der Waals surface area contributed by atoms with E-state index in [0.29, 0.717) is 21.3 Å². The fourth-order valence-corrected chi connectivity index (χ4v) is 4.85. The van der Waals surface area contributed by atoms with Crippen molar-refractivity contribution in [1.82, 2.24) is 4.98 Å². The summed E-state index contributed by atoms with van der Waals surface area (Å²) in [6, 6.07) is 19.4. The summed E-state index contributed by atoms with van der Waals surface area (Å²) in [5.41, 5.74) is 2.64. The Morgan fingerprint density at radius 3 is 2.47 bits per heavy atom. The van der Waals surface area contributed by atoms with Crippen molar-refractivity contribution in [3.8, 4) is 0 Å². The summed E-state index contributed by atoms with van der Waals surface area (Å²) in [4.78, 5) is 32.1. The molecule has 1 amide bonds. The molecule has 1 N–H and O–H groups in total. The van der Waals surface area contributed by atoms with Gasteiger partial charge in [0.1, 0.15) is 11.6 Å². The molecule has 0 unspecified atom stereocenters. The highest BCUT2D eigenvalue weighted by atomic mass is 32.1. The number of fused-ring (bicyclic) bond motifs is 1. The molecule has 7 heteroatoms. The van der Waals surface area contributed by atoms with Gasteiger partial charge >= 0.3 is 5.91 Å². The lowest BCUT2D eigenvalue weighted by molar-refractivity contribution is -0.132. The number of halogens is 1. The molecule has 0 aliphatic carbocycles. The van der Waals surface area contributed by atoms with Crippen LogP contribution >= 0.6 is 11.3 Å². The summed E-state index contributed by atoms with van der Waals surface area (Å²) in [5.74, 6) is -2.23. The fourth-order valence-electron chi connectivity index (χ4n) is 3.83. The maximum atomic E-state index is 13.7. The first kappa shape index (κ1) is 20.1. The first-order valence-electron chi connectivity index (χ1n) is 9.93. The molecular weight excluding hydrogens is 427 g/mol. The van der Waals surface area contributed by atoms with Crippen molar-refractivity contribution in [2.45, 2.75) is 13.0 Å². The second-order valence-electron chi connectivity index (χ2n) is 7.55.